The largest absolute Gasteiger partial charge is 0.508 e. The summed E-state index contributed by atoms with van der Waals surface area (Å²) in [7, 11) is 0. The van der Waals surface area contributed by atoms with Gasteiger partial charge in [-0.1, -0.05) is 12.1 Å². The van der Waals surface area contributed by atoms with Crippen LogP contribution in [0.15, 0.2) is 42.5 Å². The molecule has 1 aliphatic rings. The summed E-state index contributed by atoms with van der Waals surface area (Å²) in [5.41, 5.74) is 1.57. The molecule has 2 heterocycles. The SMILES string of the molecule is Oc1cccc(-c2n[nH]c(=S)n2-c2ccc3c(c2)OCCO3)c1. The fraction of sp³-hybridized carbons (Fsp3) is 0.125. The molecule has 23 heavy (non-hydrogen) atoms. The maximum atomic E-state index is 9.69. The Morgan fingerprint density at radius 3 is 2.74 bits per heavy atom. The van der Waals surface area contributed by atoms with Gasteiger partial charge in [-0.25, -0.2) is 0 Å². The van der Waals surface area contributed by atoms with Gasteiger partial charge in [-0.15, -0.1) is 0 Å². The second-order valence-corrected chi connectivity index (χ2v) is 5.45. The summed E-state index contributed by atoms with van der Waals surface area (Å²) in [6, 6.07) is 12.5. The number of aromatic amines is 1. The number of benzene rings is 2. The topological polar surface area (TPSA) is 72.3 Å². The second-order valence-electron chi connectivity index (χ2n) is 5.07. The van der Waals surface area contributed by atoms with Crippen molar-refractivity contribution in [3.63, 3.8) is 0 Å². The first-order valence-corrected chi connectivity index (χ1v) is 7.50. The van der Waals surface area contributed by atoms with Gasteiger partial charge in [0.2, 0.25) is 0 Å². The third-order valence-corrected chi connectivity index (χ3v) is 3.83. The smallest absolute Gasteiger partial charge is 0.200 e. The zero-order chi connectivity index (χ0) is 15.8. The van der Waals surface area contributed by atoms with E-state index in [4.69, 9.17) is 21.7 Å². The van der Waals surface area contributed by atoms with Gasteiger partial charge in [-0.2, -0.15) is 5.10 Å². The molecule has 0 spiro atoms. The summed E-state index contributed by atoms with van der Waals surface area (Å²) in [4.78, 5) is 0. The second kappa shape index (κ2) is 5.44. The lowest BCUT2D eigenvalue weighted by molar-refractivity contribution is 0.171. The van der Waals surface area contributed by atoms with Crippen LogP contribution in [-0.2, 0) is 0 Å². The van der Waals surface area contributed by atoms with Crippen molar-refractivity contribution in [2.24, 2.45) is 0 Å². The number of phenolic OH excluding ortho intramolecular Hbond substituents is 1. The summed E-state index contributed by atoms with van der Waals surface area (Å²) >= 11 is 5.35. The van der Waals surface area contributed by atoms with E-state index in [0.29, 0.717) is 35.3 Å². The van der Waals surface area contributed by atoms with E-state index in [9.17, 15) is 5.11 Å². The Balaban J connectivity index is 1.87. The molecule has 1 aromatic heterocycles. The first-order valence-electron chi connectivity index (χ1n) is 7.09. The van der Waals surface area contributed by atoms with E-state index in [1.807, 2.05) is 24.3 Å². The lowest BCUT2D eigenvalue weighted by Gasteiger charge is -2.19. The van der Waals surface area contributed by atoms with Crippen LogP contribution in [0.1, 0.15) is 0 Å². The zero-order valence-electron chi connectivity index (χ0n) is 12.0. The van der Waals surface area contributed by atoms with E-state index in [-0.39, 0.29) is 5.75 Å². The third kappa shape index (κ3) is 2.44. The zero-order valence-corrected chi connectivity index (χ0v) is 12.8. The molecule has 0 aliphatic carbocycles. The van der Waals surface area contributed by atoms with Gasteiger partial charge >= 0.3 is 0 Å². The van der Waals surface area contributed by atoms with Gasteiger partial charge in [0.1, 0.15) is 19.0 Å². The van der Waals surface area contributed by atoms with Crippen molar-refractivity contribution in [2.75, 3.05) is 13.2 Å². The molecule has 116 valence electrons. The first kappa shape index (κ1) is 13.8. The number of hydrogen-bond acceptors (Lipinski definition) is 5. The summed E-state index contributed by atoms with van der Waals surface area (Å²) in [6.45, 7) is 1.07. The van der Waals surface area contributed by atoms with E-state index >= 15 is 0 Å². The standard InChI is InChI=1S/C16H13N3O3S/c20-12-3-1-2-10(8-12)15-17-18-16(23)19(15)11-4-5-13-14(9-11)22-7-6-21-13/h1-5,8-9,20H,6-7H2,(H,18,23). The average molecular weight is 327 g/mol. The van der Waals surface area contributed by atoms with Gasteiger partial charge in [-0.05, 0) is 36.5 Å². The molecule has 3 aromatic rings. The average Bonchev–Trinajstić information content (AvgIpc) is 2.96. The van der Waals surface area contributed by atoms with E-state index in [2.05, 4.69) is 10.2 Å². The van der Waals surface area contributed by atoms with Gasteiger partial charge in [0.15, 0.2) is 22.1 Å². The molecule has 0 atom stereocenters. The van der Waals surface area contributed by atoms with Crippen LogP contribution in [0.5, 0.6) is 17.2 Å². The molecule has 0 fully saturated rings. The van der Waals surface area contributed by atoms with Gasteiger partial charge < -0.3 is 14.6 Å². The molecule has 4 rings (SSSR count). The van der Waals surface area contributed by atoms with Gasteiger partial charge in [-0.3, -0.25) is 9.67 Å². The first-order chi connectivity index (χ1) is 11.2. The van der Waals surface area contributed by atoms with E-state index in [1.165, 1.54) is 0 Å². The fourth-order valence-corrected chi connectivity index (χ4v) is 2.78. The number of aromatic nitrogens is 3. The number of nitrogens with zero attached hydrogens (tertiary/aromatic N) is 2. The Kier molecular flexibility index (Phi) is 3.27. The number of ether oxygens (including phenoxy) is 2. The molecule has 0 saturated carbocycles. The van der Waals surface area contributed by atoms with Crippen LogP contribution < -0.4 is 9.47 Å². The van der Waals surface area contributed by atoms with Crippen LogP contribution in [0.25, 0.3) is 17.1 Å². The molecule has 0 radical (unpaired) electrons. The summed E-state index contributed by atoms with van der Waals surface area (Å²) < 4.78 is 13.4. The number of fused-ring (bicyclic) bond motifs is 1. The van der Waals surface area contributed by atoms with Crippen molar-refractivity contribution in [1.82, 2.24) is 14.8 Å². The molecule has 7 heteroatoms. The minimum atomic E-state index is 0.171. The fourth-order valence-electron chi connectivity index (χ4n) is 2.55. The van der Waals surface area contributed by atoms with Crippen molar-refractivity contribution in [3.05, 3.63) is 47.2 Å². The molecule has 2 aromatic carbocycles. The molecule has 0 unspecified atom stereocenters. The Hall–Kier alpha value is -2.80. The van der Waals surface area contributed by atoms with Crippen LogP contribution >= 0.6 is 12.2 Å². The third-order valence-electron chi connectivity index (χ3n) is 3.56. The normalized spacial score (nSPS) is 13.0. The summed E-state index contributed by atoms with van der Waals surface area (Å²) in [5.74, 6) is 2.18. The van der Waals surface area contributed by atoms with Gasteiger partial charge in [0, 0.05) is 11.6 Å². The monoisotopic (exact) mass is 327 g/mol. The van der Waals surface area contributed by atoms with E-state index in [1.54, 1.807) is 22.8 Å². The Morgan fingerprint density at radius 2 is 1.91 bits per heavy atom. The van der Waals surface area contributed by atoms with E-state index < -0.39 is 0 Å². The Labute approximate surface area is 136 Å². The minimum Gasteiger partial charge on any atom is -0.508 e. The number of H-pyrrole nitrogens is 1. The summed E-state index contributed by atoms with van der Waals surface area (Å²) in [5, 5.41) is 16.8. The minimum absolute atomic E-state index is 0.171. The highest BCUT2D eigenvalue weighted by molar-refractivity contribution is 7.71. The number of nitrogens with one attached hydrogen (secondary N) is 1. The maximum Gasteiger partial charge on any atom is 0.200 e. The summed E-state index contributed by atoms with van der Waals surface area (Å²) in [6.07, 6.45) is 0. The lowest BCUT2D eigenvalue weighted by Crippen LogP contribution is -2.15. The molecule has 6 nitrogen and oxygen atoms in total. The predicted molar refractivity (Wildman–Crippen MR) is 86.8 cm³/mol. The van der Waals surface area contributed by atoms with Crippen molar-refractivity contribution in [3.8, 4) is 34.3 Å². The van der Waals surface area contributed by atoms with Crippen molar-refractivity contribution >= 4 is 12.2 Å². The van der Waals surface area contributed by atoms with Crippen molar-refractivity contribution in [2.45, 2.75) is 0 Å². The van der Waals surface area contributed by atoms with Crippen LogP contribution in [-0.4, -0.2) is 33.1 Å². The predicted octanol–water partition coefficient (Wildman–Crippen LogP) is 3.07. The highest BCUT2D eigenvalue weighted by Gasteiger charge is 2.16. The number of rotatable bonds is 2. The quantitative estimate of drug-likeness (QED) is 0.708. The molecule has 0 bridgehead atoms. The molecule has 0 saturated heterocycles. The molecule has 1 aliphatic heterocycles. The van der Waals surface area contributed by atoms with Crippen molar-refractivity contribution < 1.29 is 14.6 Å². The van der Waals surface area contributed by atoms with Crippen LogP contribution in [0.2, 0.25) is 0 Å². The molecule has 0 amide bonds. The Bertz CT molecular complexity index is 932. The molecular weight excluding hydrogens is 314 g/mol. The van der Waals surface area contributed by atoms with Gasteiger partial charge in [0.25, 0.3) is 0 Å². The van der Waals surface area contributed by atoms with Crippen LogP contribution in [0.4, 0.5) is 0 Å². The highest BCUT2D eigenvalue weighted by Crippen LogP contribution is 2.33. The van der Waals surface area contributed by atoms with Gasteiger partial charge in [0.05, 0.1) is 5.69 Å². The van der Waals surface area contributed by atoms with Crippen LogP contribution in [0, 0.1) is 4.77 Å². The molecule has 2 N–H and O–H groups in total. The number of phenols is 1. The number of hydrogen-bond donors (Lipinski definition) is 2. The van der Waals surface area contributed by atoms with Crippen molar-refractivity contribution in [1.29, 1.82) is 0 Å². The number of aromatic hydroxyl groups is 1. The highest BCUT2D eigenvalue weighted by atomic mass is 32.1. The Morgan fingerprint density at radius 1 is 1.09 bits per heavy atom. The molecular formula is C16H13N3O3S. The lowest BCUT2D eigenvalue weighted by atomic mass is 10.2. The maximum absolute atomic E-state index is 9.69. The van der Waals surface area contributed by atoms with E-state index in [0.717, 1.165) is 11.3 Å². The van der Waals surface area contributed by atoms with Crippen LogP contribution in [0.3, 0.4) is 0 Å².